The average molecular weight is 279 g/mol. The number of anilines is 1. The number of nitrogens with one attached hydrogen (secondary N) is 1. The minimum Gasteiger partial charge on any atom is -0.298 e. The van der Waals surface area contributed by atoms with Crippen LogP contribution < -0.4 is 5.32 Å². The van der Waals surface area contributed by atoms with Crippen molar-refractivity contribution in [3.63, 3.8) is 0 Å². The quantitative estimate of drug-likeness (QED) is 0.909. The molecule has 78 valence electrons. The number of rotatable bonds is 2. The fourth-order valence-corrected chi connectivity index (χ4v) is 2.93. The van der Waals surface area contributed by atoms with Crippen LogP contribution in [0.15, 0.2) is 17.6 Å². The third kappa shape index (κ3) is 2.49. The zero-order valence-electron chi connectivity index (χ0n) is 7.16. The highest BCUT2D eigenvalue weighted by molar-refractivity contribution is 7.20. The Hall–Kier alpha value is -0.620. The van der Waals surface area contributed by atoms with Crippen molar-refractivity contribution in [3.8, 4) is 0 Å². The second-order valence-corrected chi connectivity index (χ2v) is 5.71. The van der Waals surface area contributed by atoms with Gasteiger partial charge in [-0.05, 0) is 6.07 Å². The predicted octanol–water partition coefficient (Wildman–Crippen LogP) is 3.76. The Morgan fingerprint density at radius 3 is 2.80 bits per heavy atom. The van der Waals surface area contributed by atoms with Crippen LogP contribution in [0.2, 0.25) is 8.67 Å². The van der Waals surface area contributed by atoms with Gasteiger partial charge in [0.1, 0.15) is 4.34 Å². The van der Waals surface area contributed by atoms with E-state index in [4.69, 9.17) is 23.2 Å². The van der Waals surface area contributed by atoms with Gasteiger partial charge >= 0.3 is 0 Å². The number of carbonyl (C=O) groups is 1. The summed E-state index contributed by atoms with van der Waals surface area (Å²) >= 11 is 14.1. The van der Waals surface area contributed by atoms with Crippen LogP contribution in [0.1, 0.15) is 10.4 Å². The average Bonchev–Trinajstić information content (AvgIpc) is 2.75. The molecule has 0 spiro atoms. The molecule has 7 heteroatoms. The van der Waals surface area contributed by atoms with E-state index in [0.29, 0.717) is 19.4 Å². The molecule has 0 fully saturated rings. The van der Waals surface area contributed by atoms with Crippen molar-refractivity contribution >= 4 is 56.9 Å². The summed E-state index contributed by atoms with van der Waals surface area (Å²) in [6, 6.07) is 1.54. The molecule has 2 aromatic rings. The van der Waals surface area contributed by atoms with Crippen LogP contribution in [0.4, 0.5) is 5.13 Å². The Morgan fingerprint density at radius 1 is 1.47 bits per heavy atom. The number of thiophene rings is 1. The van der Waals surface area contributed by atoms with Gasteiger partial charge in [0, 0.05) is 11.6 Å². The number of hydrogen-bond donors (Lipinski definition) is 1. The fourth-order valence-electron chi connectivity index (χ4n) is 0.945. The summed E-state index contributed by atoms with van der Waals surface area (Å²) in [4.78, 5) is 15.6. The first-order chi connectivity index (χ1) is 7.16. The summed E-state index contributed by atoms with van der Waals surface area (Å²) < 4.78 is 0.873. The molecule has 15 heavy (non-hydrogen) atoms. The molecule has 0 aliphatic heterocycles. The summed E-state index contributed by atoms with van der Waals surface area (Å²) in [6.07, 6.45) is 1.61. The van der Waals surface area contributed by atoms with Crippen molar-refractivity contribution in [2.45, 2.75) is 0 Å². The second kappa shape index (κ2) is 4.49. The first-order valence-corrected chi connectivity index (χ1v) is 6.27. The summed E-state index contributed by atoms with van der Waals surface area (Å²) in [5.74, 6) is -0.293. The summed E-state index contributed by atoms with van der Waals surface area (Å²) in [7, 11) is 0. The Balaban J connectivity index is 2.18. The van der Waals surface area contributed by atoms with E-state index in [1.54, 1.807) is 11.6 Å². The van der Waals surface area contributed by atoms with Gasteiger partial charge in [-0.1, -0.05) is 23.2 Å². The summed E-state index contributed by atoms with van der Waals surface area (Å²) in [5, 5.41) is 4.94. The van der Waals surface area contributed by atoms with Crippen LogP contribution in [-0.4, -0.2) is 10.9 Å². The lowest BCUT2D eigenvalue weighted by molar-refractivity contribution is 0.102. The van der Waals surface area contributed by atoms with Gasteiger partial charge in [0.05, 0.1) is 9.90 Å². The standard InChI is InChI=1S/C8H4Cl2N2OS2/c9-5-3-4(6(10)15-5)7(13)12-8-11-1-2-14-8/h1-3H,(H,11,12,13). The first kappa shape index (κ1) is 10.9. The Kier molecular flexibility index (Phi) is 3.25. The smallest absolute Gasteiger partial charge is 0.259 e. The van der Waals surface area contributed by atoms with Crippen molar-refractivity contribution < 1.29 is 4.79 Å². The zero-order valence-corrected chi connectivity index (χ0v) is 10.3. The maximum Gasteiger partial charge on any atom is 0.259 e. The van der Waals surface area contributed by atoms with E-state index < -0.39 is 0 Å². The Morgan fingerprint density at radius 2 is 2.27 bits per heavy atom. The molecule has 0 saturated carbocycles. The molecule has 0 aliphatic rings. The normalized spacial score (nSPS) is 10.3. The lowest BCUT2D eigenvalue weighted by Crippen LogP contribution is -2.10. The molecular formula is C8H4Cl2N2OS2. The largest absolute Gasteiger partial charge is 0.298 e. The van der Waals surface area contributed by atoms with Gasteiger partial charge in [-0.15, -0.1) is 22.7 Å². The molecule has 0 radical (unpaired) electrons. The van der Waals surface area contributed by atoms with Crippen LogP contribution in [0.3, 0.4) is 0 Å². The van der Waals surface area contributed by atoms with Crippen LogP contribution in [0.5, 0.6) is 0 Å². The summed E-state index contributed by atoms with van der Waals surface area (Å²) in [5.41, 5.74) is 0.377. The van der Waals surface area contributed by atoms with E-state index in [1.165, 1.54) is 17.4 Å². The Bertz CT molecular complexity index is 481. The SMILES string of the molecule is O=C(Nc1nccs1)c1cc(Cl)sc1Cl. The van der Waals surface area contributed by atoms with Crippen molar-refractivity contribution in [2.24, 2.45) is 0 Å². The van der Waals surface area contributed by atoms with Gasteiger partial charge in [0.25, 0.3) is 5.91 Å². The van der Waals surface area contributed by atoms with Crippen LogP contribution in [-0.2, 0) is 0 Å². The summed E-state index contributed by atoms with van der Waals surface area (Å²) in [6.45, 7) is 0. The maximum absolute atomic E-state index is 11.7. The number of amides is 1. The van der Waals surface area contributed by atoms with Crippen LogP contribution >= 0.6 is 45.9 Å². The number of hydrogen-bond acceptors (Lipinski definition) is 4. The van der Waals surface area contributed by atoms with Gasteiger partial charge in [-0.25, -0.2) is 4.98 Å². The Labute approximate surface area is 104 Å². The van der Waals surface area contributed by atoms with Crippen molar-refractivity contribution in [1.82, 2.24) is 4.98 Å². The first-order valence-electron chi connectivity index (χ1n) is 3.82. The molecule has 2 rings (SSSR count). The van der Waals surface area contributed by atoms with Gasteiger partial charge in [0.2, 0.25) is 0 Å². The molecule has 0 atom stereocenters. The van der Waals surface area contributed by atoms with Crippen molar-refractivity contribution in [2.75, 3.05) is 5.32 Å². The third-order valence-electron chi connectivity index (χ3n) is 1.55. The van der Waals surface area contributed by atoms with E-state index in [9.17, 15) is 4.79 Å². The molecule has 0 aromatic carbocycles. The lowest BCUT2D eigenvalue weighted by Gasteiger charge is -1.98. The third-order valence-corrected chi connectivity index (χ3v) is 3.73. The molecule has 3 nitrogen and oxygen atoms in total. The van der Waals surface area contributed by atoms with E-state index in [-0.39, 0.29) is 5.91 Å². The topological polar surface area (TPSA) is 42.0 Å². The predicted molar refractivity (Wildman–Crippen MR) is 64.4 cm³/mol. The number of carbonyl (C=O) groups excluding carboxylic acids is 1. The molecule has 2 aromatic heterocycles. The van der Waals surface area contributed by atoms with Gasteiger partial charge < -0.3 is 0 Å². The van der Waals surface area contributed by atoms with Gasteiger partial charge in [-0.3, -0.25) is 10.1 Å². The molecule has 0 saturated heterocycles. The number of halogens is 2. The lowest BCUT2D eigenvalue weighted by atomic mass is 10.3. The highest BCUT2D eigenvalue weighted by Gasteiger charge is 2.14. The highest BCUT2D eigenvalue weighted by atomic mass is 35.5. The number of aromatic nitrogens is 1. The van der Waals surface area contributed by atoms with E-state index in [0.717, 1.165) is 11.3 Å². The molecule has 1 N–H and O–H groups in total. The molecular weight excluding hydrogens is 275 g/mol. The van der Waals surface area contributed by atoms with E-state index >= 15 is 0 Å². The van der Waals surface area contributed by atoms with Crippen LogP contribution in [0.25, 0.3) is 0 Å². The number of thiazole rings is 1. The van der Waals surface area contributed by atoms with Crippen LogP contribution in [0, 0.1) is 0 Å². The molecule has 1 amide bonds. The highest BCUT2D eigenvalue weighted by Crippen LogP contribution is 2.31. The van der Waals surface area contributed by atoms with E-state index in [1.807, 2.05) is 0 Å². The van der Waals surface area contributed by atoms with Crippen molar-refractivity contribution in [1.29, 1.82) is 0 Å². The molecule has 0 aliphatic carbocycles. The van der Waals surface area contributed by atoms with E-state index in [2.05, 4.69) is 10.3 Å². The zero-order chi connectivity index (χ0) is 10.8. The monoisotopic (exact) mass is 278 g/mol. The molecule has 2 heterocycles. The van der Waals surface area contributed by atoms with Gasteiger partial charge in [0.15, 0.2) is 5.13 Å². The minimum atomic E-state index is -0.293. The fraction of sp³-hybridized carbons (Fsp3) is 0. The maximum atomic E-state index is 11.7. The van der Waals surface area contributed by atoms with Gasteiger partial charge in [-0.2, -0.15) is 0 Å². The second-order valence-electron chi connectivity index (χ2n) is 2.53. The molecule has 0 unspecified atom stereocenters. The number of nitrogens with zero attached hydrogens (tertiary/aromatic N) is 1. The van der Waals surface area contributed by atoms with Crippen molar-refractivity contribution in [3.05, 3.63) is 31.9 Å². The minimum absolute atomic E-state index is 0.293. The molecule has 0 bridgehead atoms.